The number of ether oxygens (including phenoxy) is 2. The van der Waals surface area contributed by atoms with Crippen molar-refractivity contribution in [2.24, 2.45) is 5.73 Å². The Hall–Kier alpha value is -1.71. The van der Waals surface area contributed by atoms with E-state index >= 15 is 0 Å². The molecule has 0 spiro atoms. The van der Waals surface area contributed by atoms with Gasteiger partial charge in [-0.15, -0.1) is 0 Å². The number of nitrogens with two attached hydrogens (primary N) is 1. The monoisotopic (exact) mass is 333 g/mol. The second kappa shape index (κ2) is 8.80. The number of rotatable bonds is 8. The van der Waals surface area contributed by atoms with Gasteiger partial charge in [0.25, 0.3) is 0 Å². The van der Waals surface area contributed by atoms with Gasteiger partial charge >= 0.3 is 0 Å². The SMILES string of the molecule is CCCOc1cccc(CC(CN)c2ccc(OC)c(Cl)c2)c1. The highest BCUT2D eigenvalue weighted by atomic mass is 35.5. The minimum absolute atomic E-state index is 0.208. The number of hydrogen-bond donors (Lipinski definition) is 1. The molecular formula is C19H24ClNO2. The lowest BCUT2D eigenvalue weighted by Crippen LogP contribution is -2.15. The molecule has 0 aliphatic rings. The number of benzene rings is 2. The number of hydrogen-bond acceptors (Lipinski definition) is 3. The van der Waals surface area contributed by atoms with Gasteiger partial charge < -0.3 is 15.2 Å². The summed E-state index contributed by atoms with van der Waals surface area (Å²) in [6.45, 7) is 3.39. The van der Waals surface area contributed by atoms with Crippen molar-refractivity contribution in [2.45, 2.75) is 25.7 Å². The van der Waals surface area contributed by atoms with E-state index in [1.165, 1.54) is 5.56 Å². The van der Waals surface area contributed by atoms with E-state index in [0.717, 1.165) is 30.8 Å². The summed E-state index contributed by atoms with van der Waals surface area (Å²) in [5.41, 5.74) is 8.32. The lowest BCUT2D eigenvalue weighted by atomic mass is 9.92. The smallest absolute Gasteiger partial charge is 0.137 e. The molecule has 0 amide bonds. The van der Waals surface area contributed by atoms with Crippen molar-refractivity contribution >= 4 is 11.6 Å². The van der Waals surface area contributed by atoms with Crippen LogP contribution < -0.4 is 15.2 Å². The molecule has 0 radical (unpaired) electrons. The van der Waals surface area contributed by atoms with Gasteiger partial charge in [0, 0.05) is 5.92 Å². The number of methoxy groups -OCH3 is 1. The molecule has 0 fully saturated rings. The third-order valence-corrected chi connectivity index (χ3v) is 4.08. The second-order valence-electron chi connectivity index (χ2n) is 5.53. The largest absolute Gasteiger partial charge is 0.495 e. The molecule has 0 aliphatic heterocycles. The Balaban J connectivity index is 2.14. The van der Waals surface area contributed by atoms with Crippen LogP contribution in [0.15, 0.2) is 42.5 Å². The minimum Gasteiger partial charge on any atom is -0.495 e. The van der Waals surface area contributed by atoms with Crippen LogP contribution in [-0.2, 0) is 6.42 Å². The Labute approximate surface area is 143 Å². The van der Waals surface area contributed by atoms with Crippen LogP contribution in [-0.4, -0.2) is 20.3 Å². The van der Waals surface area contributed by atoms with Crippen LogP contribution >= 0.6 is 11.6 Å². The second-order valence-corrected chi connectivity index (χ2v) is 5.93. The van der Waals surface area contributed by atoms with E-state index in [-0.39, 0.29) is 5.92 Å². The molecule has 0 heterocycles. The molecule has 23 heavy (non-hydrogen) atoms. The highest BCUT2D eigenvalue weighted by Gasteiger charge is 2.13. The van der Waals surface area contributed by atoms with Gasteiger partial charge in [0.1, 0.15) is 11.5 Å². The van der Waals surface area contributed by atoms with E-state index in [4.69, 9.17) is 26.8 Å². The van der Waals surface area contributed by atoms with Gasteiger partial charge in [-0.1, -0.05) is 36.7 Å². The van der Waals surface area contributed by atoms with E-state index in [1.807, 2.05) is 30.3 Å². The molecule has 124 valence electrons. The van der Waals surface area contributed by atoms with Crippen molar-refractivity contribution < 1.29 is 9.47 Å². The zero-order valence-corrected chi connectivity index (χ0v) is 14.5. The molecule has 4 heteroatoms. The van der Waals surface area contributed by atoms with Crippen LogP contribution in [0, 0.1) is 0 Å². The average Bonchev–Trinajstić information content (AvgIpc) is 2.58. The Kier molecular flexibility index (Phi) is 6.75. The Bertz CT molecular complexity index is 631. The minimum atomic E-state index is 0.208. The predicted molar refractivity (Wildman–Crippen MR) is 95.7 cm³/mol. The molecule has 2 aromatic carbocycles. The summed E-state index contributed by atoms with van der Waals surface area (Å²) in [4.78, 5) is 0. The molecule has 1 unspecified atom stereocenters. The average molecular weight is 334 g/mol. The maximum Gasteiger partial charge on any atom is 0.137 e. The molecule has 1 atom stereocenters. The van der Waals surface area contributed by atoms with E-state index in [1.54, 1.807) is 7.11 Å². The van der Waals surface area contributed by atoms with Crippen molar-refractivity contribution in [3.8, 4) is 11.5 Å². The summed E-state index contributed by atoms with van der Waals surface area (Å²) in [7, 11) is 1.61. The molecule has 2 aromatic rings. The van der Waals surface area contributed by atoms with Crippen molar-refractivity contribution in [3.63, 3.8) is 0 Å². The summed E-state index contributed by atoms with van der Waals surface area (Å²) in [5.74, 6) is 1.80. The predicted octanol–water partition coefficient (Wildman–Crippen LogP) is 4.42. The van der Waals surface area contributed by atoms with Crippen LogP contribution in [0.5, 0.6) is 11.5 Å². The van der Waals surface area contributed by atoms with Crippen molar-refractivity contribution in [1.29, 1.82) is 0 Å². The molecule has 2 N–H and O–H groups in total. The summed E-state index contributed by atoms with van der Waals surface area (Å²) in [6.07, 6.45) is 1.85. The first kappa shape index (κ1) is 17.6. The van der Waals surface area contributed by atoms with E-state index in [0.29, 0.717) is 17.3 Å². The molecule has 2 rings (SSSR count). The standard InChI is InChI=1S/C19H24ClNO2/c1-3-9-23-17-6-4-5-14(11-17)10-16(13-21)15-7-8-19(22-2)18(20)12-15/h4-8,11-12,16H,3,9-10,13,21H2,1-2H3. The van der Waals surface area contributed by atoms with E-state index in [9.17, 15) is 0 Å². The molecule has 0 saturated heterocycles. The molecule has 0 saturated carbocycles. The maximum absolute atomic E-state index is 6.23. The molecule has 0 bridgehead atoms. The van der Waals surface area contributed by atoms with Gasteiger partial charge in [0.05, 0.1) is 18.7 Å². The fourth-order valence-electron chi connectivity index (χ4n) is 2.54. The van der Waals surface area contributed by atoms with Crippen LogP contribution in [0.25, 0.3) is 0 Å². The Morgan fingerprint density at radius 1 is 1.17 bits per heavy atom. The quantitative estimate of drug-likeness (QED) is 0.777. The molecular weight excluding hydrogens is 310 g/mol. The highest BCUT2D eigenvalue weighted by Crippen LogP contribution is 2.30. The van der Waals surface area contributed by atoms with Crippen molar-refractivity contribution in [3.05, 3.63) is 58.6 Å². The lowest BCUT2D eigenvalue weighted by molar-refractivity contribution is 0.317. The van der Waals surface area contributed by atoms with Gasteiger partial charge in [0.2, 0.25) is 0 Å². The van der Waals surface area contributed by atoms with Crippen LogP contribution in [0.2, 0.25) is 5.02 Å². The van der Waals surface area contributed by atoms with Gasteiger partial charge in [-0.3, -0.25) is 0 Å². The van der Waals surface area contributed by atoms with E-state index in [2.05, 4.69) is 19.1 Å². The van der Waals surface area contributed by atoms with Crippen molar-refractivity contribution in [2.75, 3.05) is 20.3 Å². The van der Waals surface area contributed by atoms with Gasteiger partial charge in [-0.2, -0.15) is 0 Å². The molecule has 3 nitrogen and oxygen atoms in total. The van der Waals surface area contributed by atoms with E-state index < -0.39 is 0 Å². The lowest BCUT2D eigenvalue weighted by Gasteiger charge is -2.17. The normalized spacial score (nSPS) is 12.0. The first-order chi connectivity index (χ1) is 11.2. The third-order valence-electron chi connectivity index (χ3n) is 3.79. The van der Waals surface area contributed by atoms with Gasteiger partial charge in [-0.25, -0.2) is 0 Å². The number of halogens is 1. The maximum atomic E-state index is 6.23. The fraction of sp³-hybridized carbons (Fsp3) is 0.368. The van der Waals surface area contributed by atoms with Crippen LogP contribution in [0.1, 0.15) is 30.4 Å². The van der Waals surface area contributed by atoms with Crippen LogP contribution in [0.4, 0.5) is 0 Å². The third kappa shape index (κ3) is 4.88. The summed E-state index contributed by atoms with van der Waals surface area (Å²) in [6, 6.07) is 14.1. The topological polar surface area (TPSA) is 44.5 Å². The molecule has 0 aromatic heterocycles. The Morgan fingerprint density at radius 3 is 2.65 bits per heavy atom. The van der Waals surface area contributed by atoms with Gasteiger partial charge in [0.15, 0.2) is 0 Å². The van der Waals surface area contributed by atoms with Gasteiger partial charge in [-0.05, 0) is 54.8 Å². The summed E-state index contributed by atoms with van der Waals surface area (Å²) < 4.78 is 10.9. The van der Waals surface area contributed by atoms with Crippen molar-refractivity contribution in [1.82, 2.24) is 0 Å². The fourth-order valence-corrected chi connectivity index (χ4v) is 2.81. The zero-order valence-electron chi connectivity index (χ0n) is 13.7. The highest BCUT2D eigenvalue weighted by molar-refractivity contribution is 6.32. The first-order valence-corrected chi connectivity index (χ1v) is 8.31. The zero-order chi connectivity index (χ0) is 16.7. The Morgan fingerprint density at radius 2 is 2.00 bits per heavy atom. The van der Waals surface area contributed by atoms with Crippen LogP contribution in [0.3, 0.4) is 0 Å². The summed E-state index contributed by atoms with van der Waals surface area (Å²) in [5, 5.41) is 0.614. The summed E-state index contributed by atoms with van der Waals surface area (Å²) >= 11 is 6.23. The first-order valence-electron chi connectivity index (χ1n) is 7.93. The molecule has 0 aliphatic carbocycles.